The summed E-state index contributed by atoms with van der Waals surface area (Å²) < 4.78 is 25.9. The van der Waals surface area contributed by atoms with E-state index in [-0.39, 0.29) is 11.4 Å². The Morgan fingerprint density at radius 3 is 2.65 bits per heavy atom. The van der Waals surface area contributed by atoms with Gasteiger partial charge in [0.05, 0.1) is 0 Å². The molecule has 6 heteroatoms. The summed E-state index contributed by atoms with van der Waals surface area (Å²) in [5.41, 5.74) is 0.564. The van der Waals surface area contributed by atoms with Gasteiger partial charge in [-0.3, -0.25) is 4.21 Å². The first-order valence-corrected chi connectivity index (χ1v) is 8.34. The molecule has 1 N–H and O–H groups in total. The molecular formula is C14H22FN3OS. The minimum Gasteiger partial charge on any atom is -0.352 e. The lowest BCUT2D eigenvalue weighted by atomic mass is 10.1. The summed E-state index contributed by atoms with van der Waals surface area (Å²) in [7, 11) is -0.766. The summed E-state index contributed by atoms with van der Waals surface area (Å²) >= 11 is 0. The molecule has 1 aliphatic heterocycles. The minimum atomic E-state index is -0.766. The maximum absolute atomic E-state index is 14.5. The summed E-state index contributed by atoms with van der Waals surface area (Å²) in [5.74, 6) is 1.30. The van der Waals surface area contributed by atoms with E-state index in [2.05, 4.69) is 10.3 Å². The van der Waals surface area contributed by atoms with Crippen molar-refractivity contribution in [2.45, 2.75) is 32.9 Å². The second-order valence-corrected chi connectivity index (χ2v) is 7.74. The van der Waals surface area contributed by atoms with Gasteiger partial charge in [0.15, 0.2) is 11.6 Å². The molecule has 2 heterocycles. The first-order chi connectivity index (χ1) is 9.37. The van der Waals surface area contributed by atoms with Crippen LogP contribution in [0.4, 0.5) is 10.2 Å². The van der Waals surface area contributed by atoms with Crippen LogP contribution in [0, 0.1) is 5.82 Å². The smallest absolute Gasteiger partial charge is 0.170 e. The molecule has 0 atom stereocenters. The van der Waals surface area contributed by atoms with Crippen molar-refractivity contribution in [3.05, 3.63) is 23.6 Å². The zero-order chi connectivity index (χ0) is 14.8. The van der Waals surface area contributed by atoms with Crippen LogP contribution in [0.2, 0.25) is 0 Å². The molecule has 0 amide bonds. The SMILES string of the molecule is CC(C)(C)NCc1ccnc(N2CCS(=O)CC2)c1F. The predicted molar refractivity (Wildman–Crippen MR) is 80.9 cm³/mol. The van der Waals surface area contributed by atoms with Crippen molar-refractivity contribution in [2.75, 3.05) is 29.5 Å². The lowest BCUT2D eigenvalue weighted by Gasteiger charge is -2.28. The Kier molecular flexibility index (Phi) is 4.75. The van der Waals surface area contributed by atoms with Gasteiger partial charge in [-0.2, -0.15) is 0 Å². The van der Waals surface area contributed by atoms with Crippen molar-refractivity contribution < 1.29 is 8.60 Å². The largest absolute Gasteiger partial charge is 0.352 e. The number of hydrogen-bond donors (Lipinski definition) is 1. The Morgan fingerprint density at radius 2 is 2.05 bits per heavy atom. The van der Waals surface area contributed by atoms with Crippen molar-refractivity contribution in [1.82, 2.24) is 10.3 Å². The third-order valence-electron chi connectivity index (χ3n) is 3.24. The van der Waals surface area contributed by atoms with Gasteiger partial charge < -0.3 is 10.2 Å². The highest BCUT2D eigenvalue weighted by molar-refractivity contribution is 7.85. The average molecular weight is 299 g/mol. The van der Waals surface area contributed by atoms with Crippen LogP contribution < -0.4 is 10.2 Å². The van der Waals surface area contributed by atoms with Gasteiger partial charge in [0, 0.05) is 59.2 Å². The molecule has 0 aromatic carbocycles. The lowest BCUT2D eigenvalue weighted by Crippen LogP contribution is -2.39. The maximum Gasteiger partial charge on any atom is 0.170 e. The summed E-state index contributed by atoms with van der Waals surface area (Å²) in [5, 5.41) is 3.28. The highest BCUT2D eigenvalue weighted by atomic mass is 32.2. The van der Waals surface area contributed by atoms with Gasteiger partial charge in [-0.25, -0.2) is 9.37 Å². The summed E-state index contributed by atoms with van der Waals surface area (Å²) in [6.45, 7) is 7.83. The molecule has 112 valence electrons. The topological polar surface area (TPSA) is 45.2 Å². The Morgan fingerprint density at radius 1 is 1.40 bits per heavy atom. The first-order valence-electron chi connectivity index (χ1n) is 6.85. The van der Waals surface area contributed by atoms with Gasteiger partial charge in [-0.05, 0) is 26.8 Å². The molecule has 0 saturated carbocycles. The fraction of sp³-hybridized carbons (Fsp3) is 0.643. The minimum absolute atomic E-state index is 0.0576. The van der Waals surface area contributed by atoms with E-state index in [0.29, 0.717) is 42.5 Å². The van der Waals surface area contributed by atoms with Crippen LogP contribution in [0.1, 0.15) is 26.3 Å². The molecule has 0 radical (unpaired) electrons. The Hall–Kier alpha value is -1.01. The van der Waals surface area contributed by atoms with Gasteiger partial charge in [-0.1, -0.05) is 0 Å². The Bertz CT molecular complexity index is 492. The summed E-state index contributed by atoms with van der Waals surface area (Å²) in [6, 6.07) is 1.71. The van der Waals surface area contributed by atoms with Gasteiger partial charge in [0.1, 0.15) is 0 Å². The van der Waals surface area contributed by atoms with Gasteiger partial charge in [-0.15, -0.1) is 0 Å². The van der Waals surface area contributed by atoms with E-state index in [1.54, 1.807) is 12.3 Å². The maximum atomic E-state index is 14.5. The van der Waals surface area contributed by atoms with Crippen LogP contribution in [0.15, 0.2) is 12.3 Å². The van der Waals surface area contributed by atoms with E-state index in [9.17, 15) is 8.60 Å². The standard InChI is InChI=1S/C14H22FN3OS/c1-14(2,3)17-10-11-4-5-16-13(12(11)15)18-6-8-20(19)9-7-18/h4-5,17H,6-10H2,1-3H3. The molecule has 2 rings (SSSR count). The van der Waals surface area contributed by atoms with Crippen LogP contribution in [-0.2, 0) is 17.3 Å². The normalized spacial score (nSPS) is 17.5. The molecule has 0 unspecified atom stereocenters. The number of pyridine rings is 1. The number of nitrogens with one attached hydrogen (secondary N) is 1. The predicted octanol–water partition coefficient (Wildman–Crippen LogP) is 1.68. The lowest BCUT2D eigenvalue weighted by molar-refractivity contribution is 0.418. The van der Waals surface area contributed by atoms with Crippen molar-refractivity contribution in [3.63, 3.8) is 0 Å². The number of rotatable bonds is 3. The molecule has 0 spiro atoms. The molecule has 1 aliphatic rings. The quantitative estimate of drug-likeness (QED) is 0.922. The zero-order valence-electron chi connectivity index (χ0n) is 12.3. The van der Waals surface area contributed by atoms with Crippen LogP contribution in [-0.4, -0.2) is 39.3 Å². The van der Waals surface area contributed by atoms with Crippen molar-refractivity contribution in [3.8, 4) is 0 Å². The van der Waals surface area contributed by atoms with E-state index in [0.717, 1.165) is 0 Å². The molecule has 0 bridgehead atoms. The van der Waals surface area contributed by atoms with Gasteiger partial charge in [0.2, 0.25) is 0 Å². The second kappa shape index (κ2) is 6.18. The molecule has 0 aliphatic carbocycles. The summed E-state index contributed by atoms with van der Waals surface area (Å²) in [6.07, 6.45) is 1.64. The van der Waals surface area contributed by atoms with E-state index in [4.69, 9.17) is 0 Å². The number of nitrogens with zero attached hydrogens (tertiary/aromatic N) is 2. The fourth-order valence-corrected chi connectivity index (χ4v) is 3.09. The molecule has 1 aromatic rings. The van der Waals surface area contributed by atoms with E-state index < -0.39 is 10.8 Å². The van der Waals surface area contributed by atoms with Gasteiger partial charge in [0.25, 0.3) is 0 Å². The van der Waals surface area contributed by atoms with Crippen molar-refractivity contribution >= 4 is 16.6 Å². The van der Waals surface area contributed by atoms with Crippen LogP contribution in [0.25, 0.3) is 0 Å². The van der Waals surface area contributed by atoms with Crippen LogP contribution in [0.5, 0.6) is 0 Å². The van der Waals surface area contributed by atoms with Crippen molar-refractivity contribution in [1.29, 1.82) is 0 Å². The monoisotopic (exact) mass is 299 g/mol. The third kappa shape index (κ3) is 3.99. The zero-order valence-corrected chi connectivity index (χ0v) is 13.1. The number of hydrogen-bond acceptors (Lipinski definition) is 4. The summed E-state index contributed by atoms with van der Waals surface area (Å²) in [4.78, 5) is 6.04. The van der Waals surface area contributed by atoms with Gasteiger partial charge >= 0.3 is 0 Å². The third-order valence-corrected chi connectivity index (χ3v) is 4.51. The molecule has 20 heavy (non-hydrogen) atoms. The highest BCUT2D eigenvalue weighted by Crippen LogP contribution is 2.21. The molecular weight excluding hydrogens is 277 g/mol. The highest BCUT2D eigenvalue weighted by Gasteiger charge is 2.21. The van der Waals surface area contributed by atoms with Crippen LogP contribution in [0.3, 0.4) is 0 Å². The molecule has 4 nitrogen and oxygen atoms in total. The van der Waals surface area contributed by atoms with E-state index in [1.165, 1.54) is 0 Å². The number of aromatic nitrogens is 1. The average Bonchev–Trinajstić information content (AvgIpc) is 2.38. The molecule has 1 aromatic heterocycles. The van der Waals surface area contributed by atoms with Crippen LogP contribution >= 0.6 is 0 Å². The van der Waals surface area contributed by atoms with E-state index >= 15 is 0 Å². The Balaban J connectivity index is 2.13. The van der Waals surface area contributed by atoms with Crippen molar-refractivity contribution in [2.24, 2.45) is 0 Å². The fourth-order valence-electron chi connectivity index (χ4n) is 2.04. The first kappa shape index (κ1) is 15.4. The number of anilines is 1. The number of halogens is 1. The Labute approximate surface area is 122 Å². The second-order valence-electron chi connectivity index (χ2n) is 6.05. The molecule has 1 fully saturated rings. The van der Waals surface area contributed by atoms with E-state index in [1.807, 2.05) is 25.7 Å². The molecule has 1 saturated heterocycles.